The second kappa shape index (κ2) is 6.98. The van der Waals surface area contributed by atoms with E-state index >= 15 is 0 Å². The van der Waals surface area contributed by atoms with Crippen LogP contribution in [0, 0.1) is 5.82 Å². The Morgan fingerprint density at radius 3 is 2.58 bits per heavy atom. The third kappa shape index (κ3) is 4.44. The molecule has 2 unspecified atom stereocenters. The fourth-order valence-corrected chi connectivity index (χ4v) is 2.58. The molecule has 1 aromatic carbocycles. The first kappa shape index (κ1) is 15.3. The largest absolute Gasteiger partial charge is 0.480 e. The van der Waals surface area contributed by atoms with Gasteiger partial charge < -0.3 is 10.4 Å². The second-order valence-electron chi connectivity index (χ2n) is 3.79. The van der Waals surface area contributed by atoms with Crippen LogP contribution < -0.4 is 5.32 Å². The highest BCUT2D eigenvalue weighted by Crippen LogP contribution is 2.12. The Labute approximate surface area is 112 Å². The molecular formula is C12H14FNO4S. The van der Waals surface area contributed by atoms with Crippen molar-refractivity contribution in [2.24, 2.45) is 0 Å². The van der Waals surface area contributed by atoms with Gasteiger partial charge in [0.1, 0.15) is 16.8 Å². The highest BCUT2D eigenvalue weighted by molar-refractivity contribution is 7.87. The Balaban J connectivity index is 2.63. The van der Waals surface area contributed by atoms with Crippen molar-refractivity contribution in [2.45, 2.75) is 18.6 Å². The average molecular weight is 287 g/mol. The normalized spacial score (nSPS) is 13.6. The molecule has 7 heteroatoms. The molecule has 0 radical (unpaired) electrons. The van der Waals surface area contributed by atoms with Gasteiger partial charge in [-0.1, -0.05) is 19.1 Å². The molecule has 19 heavy (non-hydrogen) atoms. The smallest absolute Gasteiger partial charge is 0.319 e. The van der Waals surface area contributed by atoms with Gasteiger partial charge in [0.25, 0.3) is 0 Å². The maximum absolute atomic E-state index is 13.3. The van der Waals surface area contributed by atoms with E-state index in [0.717, 1.165) is 0 Å². The summed E-state index contributed by atoms with van der Waals surface area (Å²) in [7, 11) is -1.83. The number of hydrogen-bond acceptors (Lipinski definition) is 3. The Kier molecular flexibility index (Phi) is 5.62. The lowest BCUT2D eigenvalue weighted by molar-refractivity contribution is -0.136. The van der Waals surface area contributed by atoms with Crippen LogP contribution in [-0.4, -0.2) is 32.2 Å². The Hall–Kier alpha value is -1.76. The van der Waals surface area contributed by atoms with Crippen LogP contribution in [0.2, 0.25) is 0 Å². The van der Waals surface area contributed by atoms with Gasteiger partial charge in [0.15, 0.2) is 0 Å². The number of nitrogens with one attached hydrogen (secondary N) is 1. The molecule has 0 aromatic heterocycles. The molecule has 104 valence electrons. The minimum absolute atomic E-state index is 0.0205. The summed E-state index contributed by atoms with van der Waals surface area (Å²) in [5.41, 5.74) is -0.0205. The standard InChI is InChI=1S/C12H14FNO4S/c1-2-10(12(16)17)19(18)7-11(15)14-9-6-4-3-5-8(9)13/h3-6,10H,2,7H2,1H3,(H,14,15)(H,16,17). The van der Waals surface area contributed by atoms with Crippen LogP contribution in [0.5, 0.6) is 0 Å². The minimum Gasteiger partial charge on any atom is -0.480 e. The van der Waals surface area contributed by atoms with E-state index in [4.69, 9.17) is 5.11 Å². The Morgan fingerprint density at radius 2 is 2.05 bits per heavy atom. The molecule has 1 amide bonds. The van der Waals surface area contributed by atoms with Crippen molar-refractivity contribution in [3.8, 4) is 0 Å². The number of carboxylic acid groups (broad SMARTS) is 1. The molecular weight excluding hydrogens is 273 g/mol. The zero-order chi connectivity index (χ0) is 14.4. The van der Waals surface area contributed by atoms with Gasteiger partial charge in [-0.05, 0) is 18.6 Å². The van der Waals surface area contributed by atoms with Crippen molar-refractivity contribution in [3.05, 3.63) is 30.1 Å². The SMILES string of the molecule is CCC(C(=O)O)S(=O)CC(=O)Nc1ccccc1F. The van der Waals surface area contributed by atoms with Crippen LogP contribution in [-0.2, 0) is 20.4 Å². The number of amides is 1. The molecule has 0 saturated heterocycles. The van der Waals surface area contributed by atoms with Crippen LogP contribution in [0.3, 0.4) is 0 Å². The van der Waals surface area contributed by atoms with Crippen LogP contribution >= 0.6 is 0 Å². The first-order chi connectivity index (χ1) is 8.95. The lowest BCUT2D eigenvalue weighted by Gasteiger charge is -2.10. The lowest BCUT2D eigenvalue weighted by atomic mass is 10.3. The van der Waals surface area contributed by atoms with Gasteiger partial charge in [-0.2, -0.15) is 0 Å². The molecule has 0 saturated carbocycles. The molecule has 0 bridgehead atoms. The van der Waals surface area contributed by atoms with E-state index in [1.165, 1.54) is 18.2 Å². The summed E-state index contributed by atoms with van der Waals surface area (Å²) in [5, 5.41) is 9.97. The van der Waals surface area contributed by atoms with Gasteiger partial charge in [0, 0.05) is 10.8 Å². The van der Waals surface area contributed by atoms with Gasteiger partial charge in [-0.15, -0.1) is 0 Å². The van der Waals surface area contributed by atoms with Crippen molar-refractivity contribution < 1.29 is 23.3 Å². The van der Waals surface area contributed by atoms with Crippen molar-refractivity contribution >= 4 is 28.4 Å². The zero-order valence-corrected chi connectivity index (χ0v) is 11.1. The molecule has 2 atom stereocenters. The quantitative estimate of drug-likeness (QED) is 0.828. The van der Waals surface area contributed by atoms with Crippen molar-refractivity contribution in [1.82, 2.24) is 0 Å². The summed E-state index contributed by atoms with van der Waals surface area (Å²) >= 11 is 0. The topological polar surface area (TPSA) is 83.5 Å². The summed E-state index contributed by atoms with van der Waals surface area (Å²) in [6.07, 6.45) is 0.162. The number of para-hydroxylation sites is 1. The first-order valence-corrected chi connectivity index (χ1v) is 6.98. The van der Waals surface area contributed by atoms with Crippen LogP contribution in [0.1, 0.15) is 13.3 Å². The number of aliphatic carboxylic acids is 1. The number of rotatable bonds is 6. The van der Waals surface area contributed by atoms with Crippen LogP contribution in [0.4, 0.5) is 10.1 Å². The molecule has 5 nitrogen and oxygen atoms in total. The third-order valence-corrected chi connectivity index (χ3v) is 4.10. The van der Waals surface area contributed by atoms with Crippen molar-refractivity contribution in [1.29, 1.82) is 0 Å². The summed E-state index contributed by atoms with van der Waals surface area (Å²) in [4.78, 5) is 22.3. The van der Waals surface area contributed by atoms with Gasteiger partial charge in [-0.25, -0.2) is 4.39 Å². The summed E-state index contributed by atoms with van der Waals surface area (Å²) in [6.45, 7) is 1.57. The average Bonchev–Trinajstić information content (AvgIpc) is 2.32. The number of benzene rings is 1. The van der Waals surface area contributed by atoms with E-state index in [2.05, 4.69) is 5.32 Å². The number of anilines is 1. The second-order valence-corrected chi connectivity index (χ2v) is 5.41. The van der Waals surface area contributed by atoms with E-state index in [1.807, 2.05) is 0 Å². The van der Waals surface area contributed by atoms with Crippen LogP contribution in [0.25, 0.3) is 0 Å². The first-order valence-electron chi connectivity index (χ1n) is 5.60. The monoisotopic (exact) mass is 287 g/mol. The van der Waals surface area contributed by atoms with E-state index in [1.54, 1.807) is 13.0 Å². The van der Waals surface area contributed by atoms with E-state index in [0.29, 0.717) is 0 Å². The number of carbonyl (C=O) groups excluding carboxylic acids is 1. The van der Waals surface area contributed by atoms with Crippen molar-refractivity contribution in [2.75, 3.05) is 11.1 Å². The highest BCUT2D eigenvalue weighted by atomic mass is 32.2. The molecule has 0 fully saturated rings. The zero-order valence-electron chi connectivity index (χ0n) is 10.3. The maximum Gasteiger partial charge on any atom is 0.319 e. The summed E-state index contributed by atoms with van der Waals surface area (Å²) < 4.78 is 24.9. The van der Waals surface area contributed by atoms with Gasteiger partial charge in [0.05, 0.1) is 5.69 Å². The summed E-state index contributed by atoms with van der Waals surface area (Å²) in [5.74, 6) is -2.96. The molecule has 2 N–H and O–H groups in total. The van der Waals surface area contributed by atoms with Crippen molar-refractivity contribution in [3.63, 3.8) is 0 Å². The van der Waals surface area contributed by atoms with E-state index in [9.17, 15) is 18.2 Å². The Bertz CT molecular complexity index is 506. The van der Waals surface area contributed by atoms with Gasteiger partial charge in [0.2, 0.25) is 5.91 Å². The van der Waals surface area contributed by atoms with Crippen LogP contribution in [0.15, 0.2) is 24.3 Å². The lowest BCUT2D eigenvalue weighted by Crippen LogP contribution is -2.31. The molecule has 1 aromatic rings. The molecule has 0 heterocycles. The summed E-state index contributed by atoms with van der Waals surface area (Å²) in [6, 6.07) is 5.56. The molecule has 0 aliphatic carbocycles. The Morgan fingerprint density at radius 1 is 1.42 bits per heavy atom. The van der Waals surface area contributed by atoms with Gasteiger partial charge >= 0.3 is 5.97 Å². The predicted octanol–water partition coefficient (Wildman–Crippen LogP) is 1.38. The highest BCUT2D eigenvalue weighted by Gasteiger charge is 2.24. The number of carboxylic acids is 1. The molecule has 1 rings (SSSR count). The van der Waals surface area contributed by atoms with Gasteiger partial charge in [-0.3, -0.25) is 13.8 Å². The van der Waals surface area contributed by atoms with E-state index < -0.39 is 39.5 Å². The molecule has 0 aliphatic rings. The maximum atomic E-state index is 13.3. The number of halogens is 1. The fourth-order valence-electron chi connectivity index (χ4n) is 1.45. The fraction of sp³-hybridized carbons (Fsp3) is 0.333. The number of carbonyl (C=O) groups is 2. The third-order valence-electron chi connectivity index (χ3n) is 2.38. The number of hydrogen-bond donors (Lipinski definition) is 2. The minimum atomic E-state index is -1.83. The molecule has 0 aliphatic heterocycles. The van der Waals surface area contributed by atoms with E-state index in [-0.39, 0.29) is 12.1 Å². The molecule has 0 spiro atoms. The predicted molar refractivity (Wildman–Crippen MR) is 69.8 cm³/mol.